The first kappa shape index (κ1) is 16.5. The SMILES string of the molecule is CO[C@]1(COc2cccc(C)c2)CCN(C(=O)c2ccccn2)C1. The quantitative estimate of drug-likeness (QED) is 0.848. The summed E-state index contributed by atoms with van der Waals surface area (Å²) in [6, 6.07) is 13.3. The monoisotopic (exact) mass is 326 g/mol. The second kappa shape index (κ2) is 7.01. The smallest absolute Gasteiger partial charge is 0.272 e. The third-order valence-corrected chi connectivity index (χ3v) is 4.41. The van der Waals surface area contributed by atoms with E-state index in [1.54, 1.807) is 30.3 Å². The van der Waals surface area contributed by atoms with Crippen LogP contribution in [0.4, 0.5) is 0 Å². The van der Waals surface area contributed by atoms with E-state index in [-0.39, 0.29) is 5.91 Å². The molecule has 0 aliphatic carbocycles. The molecule has 0 spiro atoms. The van der Waals surface area contributed by atoms with Gasteiger partial charge in [0.2, 0.25) is 0 Å². The Morgan fingerprint density at radius 2 is 2.17 bits per heavy atom. The van der Waals surface area contributed by atoms with Crippen LogP contribution in [-0.2, 0) is 4.74 Å². The fraction of sp³-hybridized carbons (Fsp3) is 0.368. The molecule has 126 valence electrons. The summed E-state index contributed by atoms with van der Waals surface area (Å²) in [5, 5.41) is 0. The van der Waals surface area contributed by atoms with Gasteiger partial charge in [-0.15, -0.1) is 0 Å². The number of hydrogen-bond acceptors (Lipinski definition) is 4. The lowest BCUT2D eigenvalue weighted by Crippen LogP contribution is -2.42. The molecule has 2 heterocycles. The predicted octanol–water partition coefficient (Wildman–Crippen LogP) is 2.70. The summed E-state index contributed by atoms with van der Waals surface area (Å²) in [5.41, 5.74) is 1.13. The van der Waals surface area contributed by atoms with Crippen molar-refractivity contribution in [3.8, 4) is 5.75 Å². The van der Waals surface area contributed by atoms with E-state index in [4.69, 9.17) is 9.47 Å². The van der Waals surface area contributed by atoms with Crippen molar-refractivity contribution in [2.75, 3.05) is 26.8 Å². The molecule has 1 atom stereocenters. The van der Waals surface area contributed by atoms with Crippen LogP contribution < -0.4 is 4.74 Å². The molecule has 1 aromatic carbocycles. The number of carbonyl (C=O) groups excluding carboxylic acids is 1. The maximum absolute atomic E-state index is 12.5. The lowest BCUT2D eigenvalue weighted by molar-refractivity contribution is -0.0343. The summed E-state index contributed by atoms with van der Waals surface area (Å²) in [6.07, 6.45) is 2.38. The minimum atomic E-state index is -0.478. The van der Waals surface area contributed by atoms with Gasteiger partial charge in [-0.1, -0.05) is 18.2 Å². The van der Waals surface area contributed by atoms with Crippen LogP contribution in [-0.4, -0.2) is 48.2 Å². The number of benzene rings is 1. The number of hydrogen-bond donors (Lipinski definition) is 0. The zero-order chi connectivity index (χ0) is 17.0. The number of amides is 1. The van der Waals surface area contributed by atoms with Gasteiger partial charge in [0, 0.05) is 19.9 Å². The average molecular weight is 326 g/mol. The summed E-state index contributed by atoms with van der Waals surface area (Å²) in [6.45, 7) is 3.59. The number of rotatable bonds is 5. The first-order valence-corrected chi connectivity index (χ1v) is 8.07. The molecular weight excluding hydrogens is 304 g/mol. The van der Waals surface area contributed by atoms with Gasteiger partial charge < -0.3 is 14.4 Å². The number of nitrogens with zero attached hydrogens (tertiary/aromatic N) is 2. The summed E-state index contributed by atoms with van der Waals surface area (Å²) in [7, 11) is 1.67. The van der Waals surface area contributed by atoms with Crippen LogP contribution in [0.1, 0.15) is 22.5 Å². The molecule has 5 nitrogen and oxygen atoms in total. The minimum Gasteiger partial charge on any atom is -0.491 e. The fourth-order valence-corrected chi connectivity index (χ4v) is 2.93. The summed E-state index contributed by atoms with van der Waals surface area (Å²) >= 11 is 0. The van der Waals surface area contributed by atoms with Gasteiger partial charge in [-0.3, -0.25) is 9.78 Å². The number of ether oxygens (including phenoxy) is 2. The molecule has 1 aliphatic rings. The first-order chi connectivity index (χ1) is 11.6. The molecule has 1 aliphatic heterocycles. The molecule has 3 rings (SSSR count). The Hall–Kier alpha value is -2.40. The highest BCUT2D eigenvalue weighted by molar-refractivity contribution is 5.92. The number of aryl methyl sites for hydroxylation is 1. The number of methoxy groups -OCH3 is 1. The number of carbonyl (C=O) groups is 1. The average Bonchev–Trinajstić information content (AvgIpc) is 3.05. The van der Waals surface area contributed by atoms with Gasteiger partial charge in [-0.05, 0) is 43.2 Å². The lowest BCUT2D eigenvalue weighted by Gasteiger charge is -2.27. The van der Waals surface area contributed by atoms with Gasteiger partial charge in [0.25, 0.3) is 5.91 Å². The van der Waals surface area contributed by atoms with Crippen molar-refractivity contribution in [2.24, 2.45) is 0 Å². The van der Waals surface area contributed by atoms with E-state index < -0.39 is 5.60 Å². The van der Waals surface area contributed by atoms with Crippen LogP contribution in [0, 0.1) is 6.92 Å². The van der Waals surface area contributed by atoms with Gasteiger partial charge in [0.1, 0.15) is 23.7 Å². The highest BCUT2D eigenvalue weighted by atomic mass is 16.5. The highest BCUT2D eigenvalue weighted by Crippen LogP contribution is 2.27. The summed E-state index contributed by atoms with van der Waals surface area (Å²) in [4.78, 5) is 18.5. The van der Waals surface area contributed by atoms with E-state index in [2.05, 4.69) is 4.98 Å². The van der Waals surface area contributed by atoms with Gasteiger partial charge in [-0.25, -0.2) is 0 Å². The minimum absolute atomic E-state index is 0.0647. The van der Waals surface area contributed by atoms with Crippen molar-refractivity contribution in [1.29, 1.82) is 0 Å². The Kier molecular flexibility index (Phi) is 4.81. The van der Waals surface area contributed by atoms with E-state index in [0.717, 1.165) is 17.7 Å². The Bertz CT molecular complexity index is 705. The molecule has 5 heteroatoms. The first-order valence-electron chi connectivity index (χ1n) is 8.07. The molecular formula is C19H22N2O3. The topological polar surface area (TPSA) is 51.7 Å². The van der Waals surface area contributed by atoms with Gasteiger partial charge in [-0.2, -0.15) is 0 Å². The van der Waals surface area contributed by atoms with Crippen LogP contribution in [0.25, 0.3) is 0 Å². The van der Waals surface area contributed by atoms with Crippen molar-refractivity contribution < 1.29 is 14.3 Å². The molecule has 1 aromatic heterocycles. The molecule has 0 radical (unpaired) electrons. The molecule has 0 bridgehead atoms. The molecule has 24 heavy (non-hydrogen) atoms. The third-order valence-electron chi connectivity index (χ3n) is 4.41. The Morgan fingerprint density at radius 3 is 2.88 bits per heavy atom. The van der Waals surface area contributed by atoms with Gasteiger partial charge in [0.15, 0.2) is 0 Å². The number of pyridine rings is 1. The van der Waals surface area contributed by atoms with Gasteiger partial charge >= 0.3 is 0 Å². The molecule has 2 aromatic rings. The van der Waals surface area contributed by atoms with Crippen LogP contribution in [0.15, 0.2) is 48.7 Å². The number of aromatic nitrogens is 1. The maximum Gasteiger partial charge on any atom is 0.272 e. The molecule has 1 amide bonds. The Morgan fingerprint density at radius 1 is 1.29 bits per heavy atom. The maximum atomic E-state index is 12.5. The zero-order valence-corrected chi connectivity index (χ0v) is 14.1. The number of likely N-dealkylation sites (tertiary alicyclic amines) is 1. The largest absolute Gasteiger partial charge is 0.491 e. The molecule has 0 saturated carbocycles. The van der Waals surface area contributed by atoms with Crippen molar-refractivity contribution in [3.63, 3.8) is 0 Å². The zero-order valence-electron chi connectivity index (χ0n) is 14.1. The molecule has 0 N–H and O–H groups in total. The molecule has 0 unspecified atom stereocenters. The molecule has 1 saturated heterocycles. The van der Waals surface area contributed by atoms with E-state index >= 15 is 0 Å². The predicted molar refractivity (Wildman–Crippen MR) is 91.2 cm³/mol. The van der Waals surface area contributed by atoms with E-state index in [0.29, 0.717) is 25.4 Å². The van der Waals surface area contributed by atoms with Crippen molar-refractivity contribution >= 4 is 5.91 Å². The van der Waals surface area contributed by atoms with E-state index in [9.17, 15) is 4.79 Å². The summed E-state index contributed by atoms with van der Waals surface area (Å²) in [5.74, 6) is 0.756. The van der Waals surface area contributed by atoms with E-state index in [1.165, 1.54) is 0 Å². The lowest BCUT2D eigenvalue weighted by atomic mass is 10.0. The third kappa shape index (κ3) is 3.57. The van der Waals surface area contributed by atoms with E-state index in [1.807, 2.05) is 37.3 Å². The van der Waals surface area contributed by atoms with Crippen LogP contribution in [0.5, 0.6) is 5.75 Å². The standard InChI is InChI=1S/C19H22N2O3/c1-15-6-5-7-16(12-15)24-14-19(23-2)9-11-21(13-19)18(22)17-8-3-4-10-20-17/h3-8,10,12H,9,11,13-14H2,1-2H3/t19-/m1/s1. The second-order valence-corrected chi connectivity index (χ2v) is 6.18. The van der Waals surface area contributed by atoms with Crippen LogP contribution >= 0.6 is 0 Å². The van der Waals surface area contributed by atoms with Gasteiger partial charge in [0.05, 0.1) is 6.54 Å². The Labute approximate surface area is 142 Å². The highest BCUT2D eigenvalue weighted by Gasteiger charge is 2.41. The normalized spacial score (nSPS) is 20.2. The molecule has 1 fully saturated rings. The fourth-order valence-electron chi connectivity index (χ4n) is 2.93. The van der Waals surface area contributed by atoms with Crippen molar-refractivity contribution in [2.45, 2.75) is 18.9 Å². The van der Waals surface area contributed by atoms with Crippen LogP contribution in [0.3, 0.4) is 0 Å². The van der Waals surface area contributed by atoms with Crippen molar-refractivity contribution in [1.82, 2.24) is 9.88 Å². The van der Waals surface area contributed by atoms with Crippen LogP contribution in [0.2, 0.25) is 0 Å². The Balaban J connectivity index is 1.65. The summed E-state index contributed by atoms with van der Waals surface area (Å²) < 4.78 is 11.6. The second-order valence-electron chi connectivity index (χ2n) is 6.18. The van der Waals surface area contributed by atoms with Crippen molar-refractivity contribution in [3.05, 3.63) is 59.9 Å².